The van der Waals surface area contributed by atoms with Gasteiger partial charge in [0.15, 0.2) is 22.1 Å². The molecule has 1 aromatic carbocycles. The van der Waals surface area contributed by atoms with Crippen LogP contribution < -0.4 is 10.9 Å². The Morgan fingerprint density at radius 1 is 1.30 bits per heavy atom. The second-order valence-corrected chi connectivity index (χ2v) is 9.03. The molecule has 0 bridgehead atoms. The SMILES string of the molecule is Cn1nc(C(=O)OCC(=O)N[C@]2(C)CCS(=O)(=O)C2)c2ccccc2c1=O. The Bertz CT molecular complexity index is 1090. The maximum Gasteiger partial charge on any atom is 0.359 e. The third-order valence-corrected chi connectivity index (χ3v) is 6.33. The van der Waals surface area contributed by atoms with Gasteiger partial charge in [0.1, 0.15) is 0 Å². The minimum Gasteiger partial charge on any atom is -0.451 e. The van der Waals surface area contributed by atoms with Gasteiger partial charge in [0.2, 0.25) is 0 Å². The molecule has 27 heavy (non-hydrogen) atoms. The van der Waals surface area contributed by atoms with Gasteiger partial charge in [-0.2, -0.15) is 5.10 Å². The van der Waals surface area contributed by atoms with Crippen LogP contribution in [0.25, 0.3) is 10.8 Å². The summed E-state index contributed by atoms with van der Waals surface area (Å²) in [6.45, 7) is 1.06. The first-order chi connectivity index (χ1) is 12.6. The van der Waals surface area contributed by atoms with Crippen molar-refractivity contribution in [2.75, 3.05) is 18.1 Å². The fourth-order valence-electron chi connectivity index (χ4n) is 3.13. The van der Waals surface area contributed by atoms with Gasteiger partial charge in [0.05, 0.1) is 22.4 Å². The van der Waals surface area contributed by atoms with E-state index in [4.69, 9.17) is 4.74 Å². The van der Waals surface area contributed by atoms with E-state index in [1.807, 2.05) is 0 Å². The van der Waals surface area contributed by atoms with E-state index in [0.29, 0.717) is 17.2 Å². The molecule has 0 aliphatic carbocycles. The van der Waals surface area contributed by atoms with Crippen molar-refractivity contribution in [1.29, 1.82) is 0 Å². The van der Waals surface area contributed by atoms with Crippen molar-refractivity contribution in [3.05, 3.63) is 40.3 Å². The Morgan fingerprint density at radius 2 is 1.96 bits per heavy atom. The summed E-state index contributed by atoms with van der Waals surface area (Å²) in [6, 6.07) is 6.48. The molecule has 1 N–H and O–H groups in total. The summed E-state index contributed by atoms with van der Waals surface area (Å²) in [5, 5.41) is 7.19. The molecular formula is C17H19N3O6S. The third kappa shape index (κ3) is 4.00. The molecule has 1 aliphatic heterocycles. The first-order valence-electron chi connectivity index (χ1n) is 8.25. The molecule has 0 unspecified atom stereocenters. The van der Waals surface area contributed by atoms with Crippen LogP contribution in [0.3, 0.4) is 0 Å². The average Bonchev–Trinajstić information content (AvgIpc) is 2.88. The number of carbonyl (C=O) groups excluding carboxylic acids is 2. The highest BCUT2D eigenvalue weighted by Crippen LogP contribution is 2.22. The van der Waals surface area contributed by atoms with Gasteiger partial charge in [-0.25, -0.2) is 17.9 Å². The monoisotopic (exact) mass is 393 g/mol. The van der Waals surface area contributed by atoms with E-state index in [9.17, 15) is 22.8 Å². The smallest absolute Gasteiger partial charge is 0.359 e. The van der Waals surface area contributed by atoms with Crippen LogP contribution in [0.4, 0.5) is 0 Å². The predicted octanol–water partition coefficient (Wildman–Crippen LogP) is -0.216. The zero-order valence-corrected chi connectivity index (χ0v) is 15.7. The molecule has 3 rings (SSSR count). The van der Waals surface area contributed by atoms with Crippen molar-refractivity contribution in [2.45, 2.75) is 18.9 Å². The van der Waals surface area contributed by atoms with Crippen LogP contribution >= 0.6 is 0 Å². The zero-order chi connectivity index (χ0) is 19.8. The molecule has 1 fully saturated rings. The molecule has 0 spiro atoms. The Balaban J connectivity index is 1.72. The second-order valence-electron chi connectivity index (χ2n) is 6.85. The van der Waals surface area contributed by atoms with Crippen molar-refractivity contribution >= 4 is 32.5 Å². The lowest BCUT2D eigenvalue weighted by molar-refractivity contribution is -0.125. The molecule has 10 heteroatoms. The van der Waals surface area contributed by atoms with Crippen molar-refractivity contribution in [1.82, 2.24) is 15.1 Å². The van der Waals surface area contributed by atoms with Gasteiger partial charge < -0.3 is 10.1 Å². The molecule has 0 radical (unpaired) electrons. The van der Waals surface area contributed by atoms with Crippen LogP contribution in [-0.2, 0) is 26.4 Å². The average molecular weight is 393 g/mol. The van der Waals surface area contributed by atoms with Crippen molar-refractivity contribution in [3.63, 3.8) is 0 Å². The van der Waals surface area contributed by atoms with Gasteiger partial charge in [0, 0.05) is 12.4 Å². The Kier molecular flexibility index (Phi) is 4.77. The number of nitrogens with one attached hydrogen (secondary N) is 1. The molecule has 2 aromatic rings. The van der Waals surface area contributed by atoms with Crippen molar-refractivity contribution in [3.8, 4) is 0 Å². The highest BCUT2D eigenvalue weighted by molar-refractivity contribution is 7.91. The maximum atomic E-state index is 12.4. The molecule has 1 amide bonds. The van der Waals surface area contributed by atoms with Crippen LogP contribution in [0.1, 0.15) is 23.8 Å². The van der Waals surface area contributed by atoms with E-state index in [-0.39, 0.29) is 22.8 Å². The lowest BCUT2D eigenvalue weighted by Gasteiger charge is -2.23. The standard InChI is InChI=1S/C17H19N3O6S/c1-17(7-8-27(24,25)10-17)18-13(21)9-26-16(23)14-11-5-3-4-6-12(11)15(22)20(2)19-14/h3-6H,7-10H2,1-2H3,(H,18,21)/t17-/m1/s1. The molecular weight excluding hydrogens is 374 g/mol. The van der Waals surface area contributed by atoms with Gasteiger partial charge >= 0.3 is 5.97 Å². The maximum absolute atomic E-state index is 12.4. The minimum absolute atomic E-state index is 0.0114. The van der Waals surface area contributed by atoms with E-state index in [0.717, 1.165) is 4.68 Å². The summed E-state index contributed by atoms with van der Waals surface area (Å²) in [7, 11) is -1.76. The van der Waals surface area contributed by atoms with Crippen LogP contribution in [-0.4, -0.2) is 53.7 Å². The lowest BCUT2D eigenvalue weighted by atomic mass is 10.0. The first kappa shape index (κ1) is 19.0. The molecule has 1 atom stereocenters. The Morgan fingerprint density at radius 3 is 2.59 bits per heavy atom. The topological polar surface area (TPSA) is 124 Å². The number of rotatable bonds is 4. The number of aromatic nitrogens is 2. The quantitative estimate of drug-likeness (QED) is 0.712. The summed E-state index contributed by atoms with van der Waals surface area (Å²) >= 11 is 0. The first-order valence-corrected chi connectivity index (χ1v) is 10.1. The van der Waals surface area contributed by atoms with Crippen molar-refractivity contribution < 1.29 is 22.7 Å². The van der Waals surface area contributed by atoms with Crippen molar-refractivity contribution in [2.24, 2.45) is 7.05 Å². The van der Waals surface area contributed by atoms with Gasteiger partial charge in [-0.05, 0) is 19.4 Å². The minimum atomic E-state index is -3.17. The Labute approximate surface area is 155 Å². The number of benzene rings is 1. The fourth-order valence-corrected chi connectivity index (χ4v) is 5.22. The molecule has 1 aliphatic rings. The van der Waals surface area contributed by atoms with Crippen LogP contribution in [0.5, 0.6) is 0 Å². The van der Waals surface area contributed by atoms with Gasteiger partial charge in [-0.1, -0.05) is 18.2 Å². The molecule has 144 valence electrons. The number of nitrogens with zero attached hydrogens (tertiary/aromatic N) is 2. The third-order valence-electron chi connectivity index (χ3n) is 4.43. The lowest BCUT2D eigenvalue weighted by Crippen LogP contribution is -2.48. The highest BCUT2D eigenvalue weighted by Gasteiger charge is 2.39. The molecule has 9 nitrogen and oxygen atoms in total. The second kappa shape index (κ2) is 6.76. The number of esters is 1. The summed E-state index contributed by atoms with van der Waals surface area (Å²) in [4.78, 5) is 36.5. The van der Waals surface area contributed by atoms with Crippen LogP contribution in [0, 0.1) is 0 Å². The number of carbonyl (C=O) groups is 2. The molecule has 1 saturated heterocycles. The van der Waals surface area contributed by atoms with E-state index in [1.165, 1.54) is 7.05 Å². The number of amides is 1. The highest BCUT2D eigenvalue weighted by atomic mass is 32.2. The van der Waals surface area contributed by atoms with E-state index in [2.05, 4.69) is 10.4 Å². The predicted molar refractivity (Wildman–Crippen MR) is 97.1 cm³/mol. The summed E-state index contributed by atoms with van der Waals surface area (Å²) in [6.07, 6.45) is 0.308. The number of fused-ring (bicyclic) bond motifs is 1. The summed E-state index contributed by atoms with van der Waals surface area (Å²) in [5.74, 6) is -1.58. The van der Waals surface area contributed by atoms with E-state index >= 15 is 0 Å². The number of hydrogen-bond donors (Lipinski definition) is 1. The van der Waals surface area contributed by atoms with Crippen LogP contribution in [0.2, 0.25) is 0 Å². The van der Waals surface area contributed by atoms with Gasteiger partial charge in [0.25, 0.3) is 11.5 Å². The summed E-state index contributed by atoms with van der Waals surface area (Å²) in [5.41, 5.74) is -1.30. The van der Waals surface area contributed by atoms with Gasteiger partial charge in [-0.15, -0.1) is 0 Å². The molecule has 0 saturated carbocycles. The molecule has 1 aromatic heterocycles. The Hall–Kier alpha value is -2.75. The summed E-state index contributed by atoms with van der Waals surface area (Å²) < 4.78 is 29.2. The number of ether oxygens (including phenoxy) is 1. The van der Waals surface area contributed by atoms with Crippen LogP contribution in [0.15, 0.2) is 29.1 Å². The normalized spacial score (nSPS) is 21.1. The number of hydrogen-bond acceptors (Lipinski definition) is 7. The zero-order valence-electron chi connectivity index (χ0n) is 14.9. The van der Waals surface area contributed by atoms with Gasteiger partial charge in [-0.3, -0.25) is 9.59 Å². The largest absolute Gasteiger partial charge is 0.451 e. The number of sulfone groups is 1. The molecule has 2 heterocycles. The van der Waals surface area contributed by atoms with E-state index < -0.39 is 33.9 Å². The number of aryl methyl sites for hydroxylation is 1. The van der Waals surface area contributed by atoms with E-state index in [1.54, 1.807) is 31.2 Å². The fraction of sp³-hybridized carbons (Fsp3) is 0.412.